The zero-order valence-electron chi connectivity index (χ0n) is 13.0. The van der Waals surface area contributed by atoms with Crippen molar-refractivity contribution in [3.8, 4) is 22.6 Å². The van der Waals surface area contributed by atoms with Crippen molar-refractivity contribution in [2.75, 3.05) is 13.2 Å². The quantitative estimate of drug-likeness (QED) is 0.730. The molecule has 2 aromatic rings. The molecule has 0 amide bonds. The molecule has 0 spiro atoms. The molecule has 2 rings (SSSR count). The Morgan fingerprint density at radius 3 is 2.39 bits per heavy atom. The van der Waals surface area contributed by atoms with Crippen molar-refractivity contribution >= 4 is 5.97 Å². The molecule has 3 N–H and O–H groups in total. The monoisotopic (exact) mass is 316 g/mol. The number of rotatable bonds is 7. The van der Waals surface area contributed by atoms with Crippen LogP contribution in [0.3, 0.4) is 0 Å². The van der Waals surface area contributed by atoms with Crippen molar-refractivity contribution in [3.63, 3.8) is 0 Å². The molecule has 0 aliphatic rings. The molecule has 0 saturated heterocycles. The van der Waals surface area contributed by atoms with Crippen molar-refractivity contribution in [1.82, 2.24) is 0 Å². The van der Waals surface area contributed by atoms with E-state index in [-0.39, 0.29) is 24.3 Å². The van der Waals surface area contributed by atoms with Crippen LogP contribution in [0.4, 0.5) is 0 Å². The van der Waals surface area contributed by atoms with Crippen LogP contribution in [0.25, 0.3) is 11.1 Å². The number of hydrogen-bond acceptors (Lipinski definition) is 4. The van der Waals surface area contributed by atoms with Gasteiger partial charge in [0.05, 0.1) is 6.61 Å². The summed E-state index contributed by atoms with van der Waals surface area (Å²) in [7, 11) is 0. The van der Waals surface area contributed by atoms with E-state index in [1.807, 2.05) is 31.2 Å². The van der Waals surface area contributed by atoms with Gasteiger partial charge in [0.1, 0.15) is 17.1 Å². The first kappa shape index (κ1) is 16.8. The summed E-state index contributed by atoms with van der Waals surface area (Å²) in [6.45, 7) is 2.49. The average Bonchev–Trinajstić information content (AvgIpc) is 2.55. The van der Waals surface area contributed by atoms with Gasteiger partial charge in [0.2, 0.25) is 0 Å². The number of carbonyl (C=O) groups is 1. The molecule has 5 nitrogen and oxygen atoms in total. The third kappa shape index (κ3) is 3.81. The number of hydrogen-bond donors (Lipinski definition) is 3. The van der Waals surface area contributed by atoms with Gasteiger partial charge in [-0.2, -0.15) is 0 Å². The van der Waals surface area contributed by atoms with Gasteiger partial charge in [0.15, 0.2) is 0 Å². The molecule has 2 aromatic carbocycles. The highest BCUT2D eigenvalue weighted by molar-refractivity contribution is 5.93. The molecule has 0 aliphatic carbocycles. The molecule has 0 heterocycles. The zero-order chi connectivity index (χ0) is 16.8. The highest BCUT2D eigenvalue weighted by Crippen LogP contribution is 2.34. The SMILES string of the molecule is CCCOc1ccc(-c2ccc(C(=O)O)c(O)c2CCO)cc1. The first-order valence-corrected chi connectivity index (χ1v) is 7.50. The van der Waals surface area contributed by atoms with Gasteiger partial charge >= 0.3 is 5.97 Å². The van der Waals surface area contributed by atoms with E-state index in [1.54, 1.807) is 6.07 Å². The maximum absolute atomic E-state index is 11.1. The van der Waals surface area contributed by atoms with E-state index < -0.39 is 5.97 Å². The molecule has 0 bridgehead atoms. The molecule has 5 heteroatoms. The molecule has 0 aromatic heterocycles. The number of aliphatic hydroxyl groups is 1. The summed E-state index contributed by atoms with van der Waals surface area (Å²) in [5, 5.41) is 28.5. The third-order valence-corrected chi connectivity index (χ3v) is 3.51. The van der Waals surface area contributed by atoms with Crippen molar-refractivity contribution < 1.29 is 24.9 Å². The highest BCUT2D eigenvalue weighted by atomic mass is 16.5. The third-order valence-electron chi connectivity index (χ3n) is 3.51. The number of carboxylic acid groups (broad SMARTS) is 1. The number of aliphatic hydroxyl groups excluding tert-OH is 1. The van der Waals surface area contributed by atoms with E-state index in [4.69, 9.17) is 9.84 Å². The van der Waals surface area contributed by atoms with Crippen LogP contribution in [0.5, 0.6) is 11.5 Å². The van der Waals surface area contributed by atoms with Crippen LogP contribution in [-0.2, 0) is 6.42 Å². The minimum Gasteiger partial charge on any atom is -0.507 e. The van der Waals surface area contributed by atoms with Gasteiger partial charge < -0.3 is 20.1 Å². The lowest BCUT2D eigenvalue weighted by molar-refractivity contribution is 0.0693. The van der Waals surface area contributed by atoms with E-state index in [0.29, 0.717) is 17.7 Å². The van der Waals surface area contributed by atoms with Gasteiger partial charge in [0, 0.05) is 12.2 Å². The van der Waals surface area contributed by atoms with Crippen LogP contribution in [0, 0.1) is 0 Å². The maximum atomic E-state index is 11.1. The Kier molecular flexibility index (Phi) is 5.60. The number of aromatic carboxylic acids is 1. The second kappa shape index (κ2) is 7.65. The van der Waals surface area contributed by atoms with E-state index >= 15 is 0 Å². The van der Waals surface area contributed by atoms with Gasteiger partial charge in [-0.25, -0.2) is 4.79 Å². The minimum atomic E-state index is -1.20. The molecular weight excluding hydrogens is 296 g/mol. The lowest BCUT2D eigenvalue weighted by Crippen LogP contribution is -2.02. The van der Waals surface area contributed by atoms with Crippen LogP contribution in [0.15, 0.2) is 36.4 Å². The van der Waals surface area contributed by atoms with Crippen LogP contribution >= 0.6 is 0 Å². The molecule has 0 atom stereocenters. The highest BCUT2D eigenvalue weighted by Gasteiger charge is 2.17. The number of ether oxygens (including phenoxy) is 1. The van der Waals surface area contributed by atoms with Gasteiger partial charge in [-0.15, -0.1) is 0 Å². The lowest BCUT2D eigenvalue weighted by Gasteiger charge is -2.13. The summed E-state index contributed by atoms with van der Waals surface area (Å²) < 4.78 is 5.53. The van der Waals surface area contributed by atoms with Crippen LogP contribution in [-0.4, -0.2) is 34.5 Å². The smallest absolute Gasteiger partial charge is 0.339 e. The Morgan fingerprint density at radius 2 is 1.83 bits per heavy atom. The predicted octanol–water partition coefficient (Wildman–Crippen LogP) is 3.08. The summed E-state index contributed by atoms with van der Waals surface area (Å²) in [4.78, 5) is 11.1. The number of carboxylic acids is 1. The molecule has 23 heavy (non-hydrogen) atoms. The fourth-order valence-electron chi connectivity index (χ4n) is 2.39. The van der Waals surface area contributed by atoms with E-state index in [0.717, 1.165) is 17.7 Å². The molecule has 0 unspecified atom stereocenters. The van der Waals surface area contributed by atoms with Crippen LogP contribution in [0.1, 0.15) is 29.3 Å². The Bertz CT molecular complexity index is 677. The van der Waals surface area contributed by atoms with E-state index in [2.05, 4.69) is 0 Å². The van der Waals surface area contributed by atoms with Crippen molar-refractivity contribution in [3.05, 3.63) is 47.5 Å². The van der Waals surface area contributed by atoms with E-state index in [1.165, 1.54) is 6.07 Å². The second-order valence-corrected chi connectivity index (χ2v) is 5.14. The Balaban J connectivity index is 2.42. The number of phenols is 1. The van der Waals surface area contributed by atoms with Crippen molar-refractivity contribution in [1.29, 1.82) is 0 Å². The molecule has 0 fully saturated rings. The molecule has 0 aliphatic heterocycles. The van der Waals surface area contributed by atoms with Crippen LogP contribution in [0.2, 0.25) is 0 Å². The zero-order valence-corrected chi connectivity index (χ0v) is 13.0. The minimum absolute atomic E-state index is 0.167. The fraction of sp³-hybridized carbons (Fsp3) is 0.278. The van der Waals surface area contributed by atoms with Crippen molar-refractivity contribution in [2.45, 2.75) is 19.8 Å². The van der Waals surface area contributed by atoms with Crippen molar-refractivity contribution in [2.24, 2.45) is 0 Å². The lowest BCUT2D eigenvalue weighted by atomic mass is 9.94. The topological polar surface area (TPSA) is 87.0 Å². The maximum Gasteiger partial charge on any atom is 0.339 e. The summed E-state index contributed by atoms with van der Waals surface area (Å²) in [5.74, 6) is -0.738. The molecule has 122 valence electrons. The fourth-order valence-corrected chi connectivity index (χ4v) is 2.39. The Hall–Kier alpha value is -2.53. The summed E-state index contributed by atoms with van der Waals surface area (Å²) in [6.07, 6.45) is 1.10. The molecular formula is C18H20O5. The second-order valence-electron chi connectivity index (χ2n) is 5.14. The van der Waals surface area contributed by atoms with E-state index in [9.17, 15) is 15.0 Å². The van der Waals surface area contributed by atoms with Gasteiger partial charge in [-0.3, -0.25) is 0 Å². The van der Waals surface area contributed by atoms with Crippen LogP contribution < -0.4 is 4.74 Å². The number of aromatic hydroxyl groups is 1. The largest absolute Gasteiger partial charge is 0.507 e. The Morgan fingerprint density at radius 1 is 1.13 bits per heavy atom. The Labute approximate surface area is 134 Å². The van der Waals surface area contributed by atoms with Gasteiger partial charge in [-0.1, -0.05) is 25.1 Å². The average molecular weight is 316 g/mol. The standard InChI is InChI=1S/C18H20O5/c1-2-11-23-13-5-3-12(4-6-13)14-7-8-16(18(21)22)17(20)15(14)9-10-19/h3-8,19-20H,2,9-11H2,1H3,(H,21,22). The predicted molar refractivity (Wildman–Crippen MR) is 87.1 cm³/mol. The summed E-state index contributed by atoms with van der Waals surface area (Å²) >= 11 is 0. The number of benzene rings is 2. The summed E-state index contributed by atoms with van der Waals surface area (Å²) in [6, 6.07) is 10.4. The molecule has 0 radical (unpaired) electrons. The normalized spacial score (nSPS) is 10.5. The van der Waals surface area contributed by atoms with Gasteiger partial charge in [-0.05, 0) is 42.2 Å². The first-order chi connectivity index (χ1) is 11.1. The first-order valence-electron chi connectivity index (χ1n) is 7.50. The summed E-state index contributed by atoms with van der Waals surface area (Å²) in [5.41, 5.74) is 1.78. The molecule has 0 saturated carbocycles. The van der Waals surface area contributed by atoms with Gasteiger partial charge in [0.25, 0.3) is 0 Å².